The highest BCUT2D eigenvalue weighted by Crippen LogP contribution is 2.22. The van der Waals surface area contributed by atoms with Crippen LogP contribution in [-0.2, 0) is 11.2 Å². The van der Waals surface area contributed by atoms with Crippen LogP contribution >= 0.6 is 0 Å². The van der Waals surface area contributed by atoms with Crippen molar-refractivity contribution in [1.82, 2.24) is 4.98 Å². The number of ether oxygens (including phenoxy) is 1. The summed E-state index contributed by atoms with van der Waals surface area (Å²) in [6.45, 7) is 2.04. The minimum absolute atomic E-state index is 0.134. The molecule has 1 aromatic heterocycles. The summed E-state index contributed by atoms with van der Waals surface area (Å²) in [5.74, 6) is 0.0370. The number of pyridine rings is 1. The van der Waals surface area contributed by atoms with Gasteiger partial charge in [-0.15, -0.1) is 0 Å². The van der Waals surface area contributed by atoms with Gasteiger partial charge in [0.25, 0.3) is 0 Å². The predicted octanol–water partition coefficient (Wildman–Crippen LogP) is 2.49. The van der Waals surface area contributed by atoms with Gasteiger partial charge in [0.2, 0.25) is 0 Å². The number of anilines is 2. The SMILES string of the molecule is COC(=O)c1ccnc(NC(C)Cc2ccccc2)c1N. The van der Waals surface area contributed by atoms with Gasteiger partial charge in [0.1, 0.15) is 5.82 Å². The van der Waals surface area contributed by atoms with Crippen LogP contribution in [0.1, 0.15) is 22.8 Å². The molecule has 5 heteroatoms. The molecule has 1 unspecified atom stereocenters. The Hall–Kier alpha value is -2.56. The third-order valence-electron chi connectivity index (χ3n) is 3.16. The zero-order valence-corrected chi connectivity index (χ0v) is 12.2. The van der Waals surface area contributed by atoms with Crippen molar-refractivity contribution in [3.63, 3.8) is 0 Å². The highest BCUT2D eigenvalue weighted by Gasteiger charge is 2.15. The van der Waals surface area contributed by atoms with Crippen molar-refractivity contribution in [2.24, 2.45) is 0 Å². The molecular weight excluding hydrogens is 266 g/mol. The number of nitrogens with zero attached hydrogens (tertiary/aromatic N) is 1. The van der Waals surface area contributed by atoms with Gasteiger partial charge in [-0.1, -0.05) is 30.3 Å². The van der Waals surface area contributed by atoms with Gasteiger partial charge in [0.05, 0.1) is 18.4 Å². The van der Waals surface area contributed by atoms with Crippen molar-refractivity contribution < 1.29 is 9.53 Å². The monoisotopic (exact) mass is 285 g/mol. The minimum Gasteiger partial charge on any atom is -0.465 e. The lowest BCUT2D eigenvalue weighted by atomic mass is 10.1. The molecular formula is C16H19N3O2. The summed E-state index contributed by atoms with van der Waals surface area (Å²) in [6.07, 6.45) is 2.38. The first kappa shape index (κ1) is 14.8. The molecule has 21 heavy (non-hydrogen) atoms. The molecule has 0 fully saturated rings. The van der Waals surface area contributed by atoms with Crippen LogP contribution in [-0.4, -0.2) is 24.1 Å². The van der Waals surface area contributed by atoms with Gasteiger partial charge in [0.15, 0.2) is 0 Å². The number of carbonyl (C=O) groups is 1. The third-order valence-corrected chi connectivity index (χ3v) is 3.16. The maximum Gasteiger partial charge on any atom is 0.340 e. The summed E-state index contributed by atoms with van der Waals surface area (Å²) in [4.78, 5) is 15.8. The first-order valence-corrected chi connectivity index (χ1v) is 6.75. The molecule has 0 spiro atoms. The Bertz CT molecular complexity index is 614. The average Bonchev–Trinajstić information content (AvgIpc) is 2.49. The number of nitrogen functional groups attached to an aromatic ring is 1. The molecule has 2 aromatic rings. The fourth-order valence-electron chi connectivity index (χ4n) is 2.13. The number of carbonyl (C=O) groups excluding carboxylic acids is 1. The van der Waals surface area contributed by atoms with Crippen LogP contribution in [0.4, 0.5) is 11.5 Å². The van der Waals surface area contributed by atoms with Crippen molar-refractivity contribution in [3.8, 4) is 0 Å². The molecule has 0 saturated carbocycles. The van der Waals surface area contributed by atoms with Crippen molar-refractivity contribution in [2.75, 3.05) is 18.2 Å². The lowest BCUT2D eigenvalue weighted by Gasteiger charge is -2.17. The van der Waals surface area contributed by atoms with Gasteiger partial charge in [-0.2, -0.15) is 0 Å². The second-order valence-corrected chi connectivity index (χ2v) is 4.85. The smallest absolute Gasteiger partial charge is 0.340 e. The van der Waals surface area contributed by atoms with Crippen molar-refractivity contribution >= 4 is 17.5 Å². The van der Waals surface area contributed by atoms with E-state index in [1.54, 1.807) is 12.3 Å². The van der Waals surface area contributed by atoms with Crippen molar-refractivity contribution in [3.05, 3.63) is 53.7 Å². The van der Waals surface area contributed by atoms with Crippen LogP contribution in [0.2, 0.25) is 0 Å². The minimum atomic E-state index is -0.464. The van der Waals surface area contributed by atoms with Crippen LogP contribution in [0.15, 0.2) is 42.6 Å². The van der Waals surface area contributed by atoms with Crippen LogP contribution in [0.5, 0.6) is 0 Å². The number of aromatic nitrogens is 1. The Morgan fingerprint density at radius 1 is 1.33 bits per heavy atom. The molecule has 2 rings (SSSR count). The highest BCUT2D eigenvalue weighted by atomic mass is 16.5. The molecule has 110 valence electrons. The second kappa shape index (κ2) is 6.74. The van der Waals surface area contributed by atoms with E-state index in [2.05, 4.69) is 22.4 Å². The number of nitrogens with one attached hydrogen (secondary N) is 1. The average molecular weight is 285 g/mol. The molecule has 5 nitrogen and oxygen atoms in total. The van der Waals surface area contributed by atoms with Gasteiger partial charge < -0.3 is 15.8 Å². The summed E-state index contributed by atoms with van der Waals surface area (Å²) in [6, 6.07) is 11.8. The van der Waals surface area contributed by atoms with E-state index in [9.17, 15) is 4.79 Å². The summed E-state index contributed by atoms with van der Waals surface area (Å²) in [7, 11) is 1.33. The summed E-state index contributed by atoms with van der Waals surface area (Å²) in [5.41, 5.74) is 7.83. The predicted molar refractivity (Wildman–Crippen MR) is 83.2 cm³/mol. The molecule has 1 atom stereocenters. The van der Waals surface area contributed by atoms with E-state index in [0.29, 0.717) is 17.1 Å². The largest absolute Gasteiger partial charge is 0.465 e. The molecule has 0 aliphatic carbocycles. The van der Waals surface area contributed by atoms with Gasteiger partial charge in [0, 0.05) is 12.2 Å². The Balaban J connectivity index is 2.11. The highest BCUT2D eigenvalue weighted by molar-refractivity contribution is 5.97. The Kier molecular flexibility index (Phi) is 4.77. The van der Waals surface area contributed by atoms with Gasteiger partial charge in [-0.25, -0.2) is 9.78 Å². The molecule has 1 heterocycles. The maximum atomic E-state index is 11.6. The van der Waals surface area contributed by atoms with Crippen LogP contribution in [0, 0.1) is 0 Å². The Morgan fingerprint density at radius 3 is 2.71 bits per heavy atom. The van der Waals surface area contributed by atoms with Crippen molar-refractivity contribution in [1.29, 1.82) is 0 Å². The molecule has 0 amide bonds. The van der Waals surface area contributed by atoms with E-state index in [1.165, 1.54) is 12.7 Å². The molecule has 0 bridgehead atoms. The summed E-state index contributed by atoms with van der Waals surface area (Å²) >= 11 is 0. The van der Waals surface area contributed by atoms with E-state index in [4.69, 9.17) is 10.5 Å². The van der Waals surface area contributed by atoms with E-state index in [0.717, 1.165) is 6.42 Å². The van der Waals surface area contributed by atoms with Crippen LogP contribution < -0.4 is 11.1 Å². The van der Waals surface area contributed by atoms with Gasteiger partial charge in [-0.3, -0.25) is 0 Å². The van der Waals surface area contributed by atoms with E-state index < -0.39 is 5.97 Å². The molecule has 0 aliphatic heterocycles. The zero-order valence-electron chi connectivity index (χ0n) is 12.2. The number of hydrogen-bond donors (Lipinski definition) is 2. The first-order chi connectivity index (χ1) is 10.1. The van der Waals surface area contributed by atoms with E-state index >= 15 is 0 Å². The first-order valence-electron chi connectivity index (χ1n) is 6.75. The number of methoxy groups -OCH3 is 1. The van der Waals surface area contributed by atoms with Gasteiger partial charge in [-0.05, 0) is 25.0 Å². The quantitative estimate of drug-likeness (QED) is 0.825. The Morgan fingerprint density at radius 2 is 2.05 bits per heavy atom. The van der Waals surface area contributed by atoms with Crippen LogP contribution in [0.25, 0.3) is 0 Å². The Labute approximate surface area is 124 Å². The topological polar surface area (TPSA) is 77.2 Å². The number of nitrogens with two attached hydrogens (primary N) is 1. The zero-order chi connectivity index (χ0) is 15.2. The maximum absolute atomic E-state index is 11.6. The number of benzene rings is 1. The molecule has 1 aromatic carbocycles. The standard InChI is InChI=1S/C16H19N3O2/c1-11(10-12-6-4-3-5-7-12)19-15-14(17)13(8-9-18-15)16(20)21-2/h3-9,11H,10,17H2,1-2H3,(H,18,19). The van der Waals surface area contributed by atoms with Gasteiger partial charge >= 0.3 is 5.97 Å². The lowest BCUT2D eigenvalue weighted by molar-refractivity contribution is 0.0602. The summed E-state index contributed by atoms with van der Waals surface area (Å²) < 4.78 is 4.70. The van der Waals surface area contributed by atoms with E-state index in [1.807, 2.05) is 25.1 Å². The molecule has 3 N–H and O–H groups in total. The fourth-order valence-corrected chi connectivity index (χ4v) is 2.13. The number of hydrogen-bond acceptors (Lipinski definition) is 5. The third kappa shape index (κ3) is 3.72. The van der Waals surface area contributed by atoms with Crippen molar-refractivity contribution in [2.45, 2.75) is 19.4 Å². The molecule has 0 saturated heterocycles. The lowest BCUT2D eigenvalue weighted by Crippen LogP contribution is -2.20. The molecule has 0 radical (unpaired) electrons. The number of rotatable bonds is 5. The van der Waals surface area contributed by atoms with E-state index in [-0.39, 0.29) is 6.04 Å². The number of esters is 1. The second-order valence-electron chi connectivity index (χ2n) is 4.85. The normalized spacial score (nSPS) is 11.7. The summed E-state index contributed by atoms with van der Waals surface area (Å²) in [5, 5.41) is 3.23. The molecule has 0 aliphatic rings. The van der Waals surface area contributed by atoms with Crippen LogP contribution in [0.3, 0.4) is 0 Å². The fraction of sp³-hybridized carbons (Fsp3) is 0.250.